The molecule has 2 rings (SSSR count). The number of aryl methyl sites for hydroxylation is 1. The standard InChI is InChI=1S/C17H30N6O2/c1-13(2)11-22-6-5-7-23-15(12-22)8-14(20-23)9-18-16(24)10-19-17(25)21(3)4/h8,13H,5-7,9-12H2,1-4H3,(H,18,24)(H,19,25). The third-order valence-electron chi connectivity index (χ3n) is 4.04. The number of hydrogen-bond donors (Lipinski definition) is 2. The van der Waals surface area contributed by atoms with Crippen molar-refractivity contribution in [3.63, 3.8) is 0 Å². The Hall–Kier alpha value is -2.09. The molecule has 8 heteroatoms. The highest BCUT2D eigenvalue weighted by Gasteiger charge is 2.17. The number of nitrogens with one attached hydrogen (secondary N) is 2. The Morgan fingerprint density at radius 2 is 2.04 bits per heavy atom. The van der Waals surface area contributed by atoms with Crippen molar-refractivity contribution in [3.05, 3.63) is 17.5 Å². The van der Waals surface area contributed by atoms with E-state index in [2.05, 4.69) is 45.2 Å². The first kappa shape index (κ1) is 19.2. The normalized spacial score (nSPS) is 14.8. The number of hydrogen-bond acceptors (Lipinski definition) is 4. The van der Waals surface area contributed by atoms with Crippen LogP contribution in [0.4, 0.5) is 4.79 Å². The van der Waals surface area contributed by atoms with Gasteiger partial charge in [-0.15, -0.1) is 0 Å². The molecular formula is C17H30N6O2. The smallest absolute Gasteiger partial charge is 0.317 e. The minimum Gasteiger partial charge on any atom is -0.349 e. The van der Waals surface area contributed by atoms with E-state index in [1.54, 1.807) is 14.1 Å². The molecule has 1 aromatic heterocycles. The molecule has 140 valence electrons. The molecule has 2 heterocycles. The predicted octanol–water partition coefficient (Wildman–Crippen LogP) is 0.632. The van der Waals surface area contributed by atoms with Crippen molar-refractivity contribution in [1.29, 1.82) is 0 Å². The van der Waals surface area contributed by atoms with E-state index in [1.165, 1.54) is 10.6 Å². The second-order valence-corrected chi connectivity index (χ2v) is 7.16. The first-order valence-corrected chi connectivity index (χ1v) is 8.85. The largest absolute Gasteiger partial charge is 0.349 e. The van der Waals surface area contributed by atoms with Gasteiger partial charge < -0.3 is 15.5 Å². The van der Waals surface area contributed by atoms with Gasteiger partial charge in [0.1, 0.15) is 0 Å². The van der Waals surface area contributed by atoms with E-state index < -0.39 is 0 Å². The summed E-state index contributed by atoms with van der Waals surface area (Å²) in [6.07, 6.45) is 1.09. The van der Waals surface area contributed by atoms with Crippen molar-refractivity contribution in [3.8, 4) is 0 Å². The number of amides is 3. The van der Waals surface area contributed by atoms with Gasteiger partial charge in [0, 0.05) is 40.3 Å². The van der Waals surface area contributed by atoms with E-state index in [1.807, 2.05) is 0 Å². The van der Waals surface area contributed by atoms with Crippen LogP contribution in [0.25, 0.3) is 0 Å². The fraction of sp³-hybridized carbons (Fsp3) is 0.706. The minimum atomic E-state index is -0.283. The predicted molar refractivity (Wildman–Crippen MR) is 95.9 cm³/mol. The number of carbonyl (C=O) groups is 2. The Balaban J connectivity index is 1.84. The molecule has 0 atom stereocenters. The Labute approximate surface area is 149 Å². The molecule has 0 saturated heterocycles. The van der Waals surface area contributed by atoms with Gasteiger partial charge in [-0.25, -0.2) is 4.79 Å². The summed E-state index contributed by atoms with van der Waals surface area (Å²) >= 11 is 0. The second kappa shape index (κ2) is 8.84. The monoisotopic (exact) mass is 350 g/mol. The third kappa shape index (κ3) is 6.04. The summed E-state index contributed by atoms with van der Waals surface area (Å²) in [6.45, 7) is 8.81. The van der Waals surface area contributed by atoms with Crippen LogP contribution in [0.5, 0.6) is 0 Å². The van der Waals surface area contributed by atoms with E-state index in [0.717, 1.165) is 38.3 Å². The van der Waals surface area contributed by atoms with Crippen molar-refractivity contribution < 1.29 is 9.59 Å². The summed E-state index contributed by atoms with van der Waals surface area (Å²) < 4.78 is 2.05. The highest BCUT2D eigenvalue weighted by atomic mass is 16.2. The molecule has 0 aromatic carbocycles. The molecule has 0 saturated carbocycles. The first-order valence-electron chi connectivity index (χ1n) is 8.85. The highest BCUT2D eigenvalue weighted by molar-refractivity contribution is 5.83. The van der Waals surface area contributed by atoms with Crippen LogP contribution in [0.2, 0.25) is 0 Å². The van der Waals surface area contributed by atoms with E-state index in [9.17, 15) is 9.59 Å². The summed E-state index contributed by atoms with van der Waals surface area (Å²) in [7, 11) is 3.27. The SMILES string of the molecule is CC(C)CN1CCCn2nc(CNC(=O)CNC(=O)N(C)C)cc2C1. The zero-order valence-electron chi connectivity index (χ0n) is 15.7. The molecule has 0 bridgehead atoms. The fourth-order valence-electron chi connectivity index (χ4n) is 2.91. The maximum Gasteiger partial charge on any atom is 0.317 e. The number of rotatable bonds is 6. The number of aromatic nitrogens is 2. The van der Waals surface area contributed by atoms with Crippen molar-refractivity contribution >= 4 is 11.9 Å². The van der Waals surface area contributed by atoms with Crippen LogP contribution in [0.1, 0.15) is 31.7 Å². The first-order chi connectivity index (χ1) is 11.8. The van der Waals surface area contributed by atoms with E-state index in [-0.39, 0.29) is 18.5 Å². The summed E-state index contributed by atoms with van der Waals surface area (Å²) in [5.74, 6) is 0.422. The van der Waals surface area contributed by atoms with E-state index >= 15 is 0 Å². The van der Waals surface area contributed by atoms with Crippen LogP contribution in [0.3, 0.4) is 0 Å². The Kier molecular flexibility index (Phi) is 6.81. The number of nitrogens with zero attached hydrogens (tertiary/aromatic N) is 4. The zero-order valence-corrected chi connectivity index (χ0v) is 15.7. The van der Waals surface area contributed by atoms with Gasteiger partial charge in [0.25, 0.3) is 0 Å². The van der Waals surface area contributed by atoms with Crippen molar-refractivity contribution in [2.75, 3.05) is 33.7 Å². The van der Waals surface area contributed by atoms with Crippen LogP contribution in [-0.2, 0) is 24.4 Å². The summed E-state index contributed by atoms with van der Waals surface area (Å²) in [5.41, 5.74) is 2.05. The average Bonchev–Trinajstić information content (AvgIpc) is 2.82. The van der Waals surface area contributed by atoms with Gasteiger partial charge in [-0.2, -0.15) is 5.10 Å². The Bertz CT molecular complexity index is 596. The molecule has 0 fully saturated rings. The van der Waals surface area contributed by atoms with Gasteiger partial charge in [0.05, 0.1) is 24.5 Å². The van der Waals surface area contributed by atoms with E-state index in [0.29, 0.717) is 12.5 Å². The minimum absolute atomic E-state index is 0.0350. The molecule has 3 amide bonds. The maximum absolute atomic E-state index is 11.8. The molecule has 1 aliphatic heterocycles. The number of carbonyl (C=O) groups excluding carboxylic acids is 2. The zero-order chi connectivity index (χ0) is 18.4. The second-order valence-electron chi connectivity index (χ2n) is 7.16. The molecule has 0 aliphatic carbocycles. The summed E-state index contributed by atoms with van der Waals surface area (Å²) in [6, 6.07) is 1.78. The fourth-order valence-corrected chi connectivity index (χ4v) is 2.91. The topological polar surface area (TPSA) is 82.5 Å². The Morgan fingerprint density at radius 3 is 2.72 bits per heavy atom. The highest BCUT2D eigenvalue weighted by Crippen LogP contribution is 2.15. The third-order valence-corrected chi connectivity index (χ3v) is 4.04. The van der Waals surface area contributed by atoms with Gasteiger partial charge in [-0.1, -0.05) is 13.8 Å². The number of fused-ring (bicyclic) bond motifs is 1. The molecule has 8 nitrogen and oxygen atoms in total. The summed E-state index contributed by atoms with van der Waals surface area (Å²) in [4.78, 5) is 27.1. The van der Waals surface area contributed by atoms with Gasteiger partial charge in [-0.05, 0) is 18.4 Å². The quantitative estimate of drug-likeness (QED) is 0.788. The lowest BCUT2D eigenvalue weighted by Crippen LogP contribution is -2.41. The molecule has 1 aromatic rings. The van der Waals surface area contributed by atoms with Gasteiger partial charge in [0.2, 0.25) is 5.91 Å². The lowest BCUT2D eigenvalue weighted by Gasteiger charge is -2.21. The van der Waals surface area contributed by atoms with Crippen molar-refractivity contribution in [2.45, 2.75) is 39.9 Å². The molecule has 0 radical (unpaired) electrons. The van der Waals surface area contributed by atoms with Gasteiger partial charge in [0.15, 0.2) is 0 Å². The van der Waals surface area contributed by atoms with Crippen molar-refractivity contribution in [1.82, 2.24) is 30.2 Å². The molecule has 25 heavy (non-hydrogen) atoms. The molecule has 0 unspecified atom stereocenters. The maximum atomic E-state index is 11.8. The van der Waals surface area contributed by atoms with E-state index in [4.69, 9.17) is 0 Å². The van der Waals surface area contributed by atoms with Crippen molar-refractivity contribution in [2.24, 2.45) is 5.92 Å². The van der Waals surface area contributed by atoms with Gasteiger partial charge >= 0.3 is 6.03 Å². The molecular weight excluding hydrogens is 320 g/mol. The van der Waals surface area contributed by atoms with Crippen LogP contribution in [0, 0.1) is 5.92 Å². The lowest BCUT2D eigenvalue weighted by molar-refractivity contribution is -0.120. The molecule has 0 spiro atoms. The molecule has 2 N–H and O–H groups in total. The van der Waals surface area contributed by atoms with Crippen LogP contribution in [0.15, 0.2) is 6.07 Å². The number of urea groups is 1. The summed E-state index contributed by atoms with van der Waals surface area (Å²) in [5, 5.41) is 9.94. The van der Waals surface area contributed by atoms with Crippen LogP contribution >= 0.6 is 0 Å². The Morgan fingerprint density at radius 1 is 1.28 bits per heavy atom. The van der Waals surface area contributed by atoms with Crippen LogP contribution in [-0.4, -0.2) is 65.2 Å². The average molecular weight is 350 g/mol. The van der Waals surface area contributed by atoms with Crippen LogP contribution < -0.4 is 10.6 Å². The van der Waals surface area contributed by atoms with Gasteiger partial charge in [-0.3, -0.25) is 14.4 Å². The molecule has 1 aliphatic rings. The lowest BCUT2D eigenvalue weighted by atomic mass is 10.2.